The second-order valence-electron chi connectivity index (χ2n) is 8.10. The number of hydrogen-bond donors (Lipinski definition) is 3. The quantitative estimate of drug-likeness (QED) is 0.225. The van der Waals surface area contributed by atoms with Crippen molar-refractivity contribution in [2.45, 2.75) is 13.8 Å². The summed E-state index contributed by atoms with van der Waals surface area (Å²) in [5.41, 5.74) is 3.20. The van der Waals surface area contributed by atoms with Crippen LogP contribution in [0.15, 0.2) is 103 Å². The molecule has 0 atom stereocenters. The van der Waals surface area contributed by atoms with Gasteiger partial charge in [0.05, 0.1) is 0 Å². The number of fused-ring (bicyclic) bond motifs is 3. The molecule has 0 aliphatic carbocycles. The number of phenols is 3. The van der Waals surface area contributed by atoms with E-state index in [2.05, 4.69) is 9.97 Å². The van der Waals surface area contributed by atoms with E-state index in [0.717, 1.165) is 32.9 Å². The van der Waals surface area contributed by atoms with Crippen molar-refractivity contribution >= 4 is 32.6 Å². The van der Waals surface area contributed by atoms with Crippen molar-refractivity contribution in [1.82, 2.24) is 9.97 Å². The third-order valence-electron chi connectivity index (χ3n) is 5.44. The van der Waals surface area contributed by atoms with Gasteiger partial charge in [-0.15, -0.1) is 0 Å². The van der Waals surface area contributed by atoms with Crippen molar-refractivity contribution in [3.63, 3.8) is 0 Å². The molecule has 3 N–H and O–H groups in total. The Morgan fingerprint density at radius 2 is 0.857 bits per heavy atom. The summed E-state index contributed by atoms with van der Waals surface area (Å²) in [6.07, 6.45) is 0. The first-order chi connectivity index (χ1) is 16.9. The van der Waals surface area contributed by atoms with Gasteiger partial charge in [0.1, 0.15) is 28.3 Å². The molecule has 35 heavy (non-hydrogen) atoms. The molecule has 174 valence electrons. The van der Waals surface area contributed by atoms with Gasteiger partial charge in [-0.25, -0.2) is 9.97 Å². The fourth-order valence-electron chi connectivity index (χ4n) is 3.67. The number of aromatic hydroxyl groups is 3. The first-order valence-corrected chi connectivity index (χ1v) is 11.2. The van der Waals surface area contributed by atoms with Crippen LogP contribution in [-0.4, -0.2) is 25.3 Å². The minimum atomic E-state index is 0.246. The normalized spacial score (nSPS) is 10.3. The molecule has 6 aromatic rings. The maximum Gasteiger partial charge on any atom is 0.141 e. The van der Waals surface area contributed by atoms with Crippen LogP contribution < -0.4 is 0 Å². The van der Waals surface area contributed by atoms with Gasteiger partial charge < -0.3 is 15.3 Å². The van der Waals surface area contributed by atoms with Crippen LogP contribution in [0.4, 0.5) is 0 Å². The summed E-state index contributed by atoms with van der Waals surface area (Å²) < 4.78 is 0. The molecule has 0 aliphatic heterocycles. The number of para-hydroxylation sites is 2. The number of aromatic nitrogens is 2. The zero-order chi connectivity index (χ0) is 24.8. The number of nitrogens with zero attached hydrogens (tertiary/aromatic N) is 2. The van der Waals surface area contributed by atoms with E-state index in [1.807, 2.05) is 98.8 Å². The second kappa shape index (κ2) is 10.5. The maximum absolute atomic E-state index is 9.43. The van der Waals surface area contributed by atoms with Crippen molar-refractivity contribution in [2.24, 2.45) is 0 Å². The summed E-state index contributed by atoms with van der Waals surface area (Å²) in [7, 11) is 0. The summed E-state index contributed by atoms with van der Waals surface area (Å²) in [6.45, 7) is 3.82. The van der Waals surface area contributed by atoms with E-state index < -0.39 is 0 Å². The van der Waals surface area contributed by atoms with Gasteiger partial charge in [0.15, 0.2) is 0 Å². The molecule has 2 aromatic heterocycles. The van der Waals surface area contributed by atoms with Crippen LogP contribution in [0.25, 0.3) is 32.6 Å². The fourth-order valence-corrected chi connectivity index (χ4v) is 3.67. The van der Waals surface area contributed by atoms with Crippen LogP contribution >= 0.6 is 0 Å². The first kappa shape index (κ1) is 23.5. The van der Waals surface area contributed by atoms with E-state index in [9.17, 15) is 15.3 Å². The molecule has 5 nitrogen and oxygen atoms in total. The molecule has 0 saturated heterocycles. The number of phenolic OH excluding ortho intramolecular Hbond substituents is 3. The van der Waals surface area contributed by atoms with E-state index in [1.54, 1.807) is 18.2 Å². The Labute approximate surface area is 203 Å². The molecule has 0 bridgehead atoms. The zero-order valence-corrected chi connectivity index (χ0v) is 19.6. The third kappa shape index (κ3) is 5.65. The predicted octanol–water partition coefficient (Wildman–Crippen LogP) is 7.04. The summed E-state index contributed by atoms with van der Waals surface area (Å²) in [4.78, 5) is 8.45. The van der Waals surface area contributed by atoms with Crippen LogP contribution in [0.1, 0.15) is 11.4 Å². The standard InChI is InChI=1S/2C10H9NO.C10H8O/c2*1-7-5-6-8-3-2-4-9(12)10(8)11-7;11-10-7-3-5-8-4-1-2-6-9(8)10/h2*2-6,12H,1H3;1-7,11H. The Morgan fingerprint density at radius 1 is 0.429 bits per heavy atom. The Hall–Kier alpha value is -4.64. The van der Waals surface area contributed by atoms with E-state index in [-0.39, 0.29) is 11.5 Å². The molecule has 5 heteroatoms. The Bertz CT molecular complexity index is 1520. The SMILES string of the molecule is Cc1ccc2cccc(O)c2n1.Cc1ccc2cccc(O)c2n1.Oc1cccc2ccccc12. The number of pyridine rings is 2. The van der Waals surface area contributed by atoms with Gasteiger partial charge >= 0.3 is 0 Å². The van der Waals surface area contributed by atoms with E-state index in [0.29, 0.717) is 16.8 Å². The minimum absolute atomic E-state index is 0.246. The molecule has 0 saturated carbocycles. The lowest BCUT2D eigenvalue weighted by atomic mass is 10.1. The molecule has 0 unspecified atom stereocenters. The van der Waals surface area contributed by atoms with Crippen molar-refractivity contribution in [3.8, 4) is 17.2 Å². The van der Waals surface area contributed by atoms with E-state index in [4.69, 9.17) is 0 Å². The number of aryl methyl sites for hydroxylation is 2. The van der Waals surface area contributed by atoms with Crippen LogP contribution in [0, 0.1) is 13.8 Å². The summed E-state index contributed by atoms with van der Waals surface area (Å²) >= 11 is 0. The predicted molar refractivity (Wildman–Crippen MR) is 142 cm³/mol. The molecule has 6 rings (SSSR count). The highest BCUT2D eigenvalue weighted by Gasteiger charge is 2.00. The van der Waals surface area contributed by atoms with Gasteiger partial charge in [-0.05, 0) is 49.6 Å². The molecule has 4 aromatic carbocycles. The number of rotatable bonds is 0. The fraction of sp³-hybridized carbons (Fsp3) is 0.0667. The van der Waals surface area contributed by atoms with Crippen LogP contribution in [-0.2, 0) is 0 Å². The Morgan fingerprint density at radius 3 is 1.37 bits per heavy atom. The average molecular weight is 463 g/mol. The van der Waals surface area contributed by atoms with Crippen molar-refractivity contribution in [1.29, 1.82) is 0 Å². The van der Waals surface area contributed by atoms with Gasteiger partial charge in [-0.2, -0.15) is 0 Å². The lowest BCUT2D eigenvalue weighted by Gasteiger charge is -1.99. The van der Waals surface area contributed by atoms with Gasteiger partial charge in [0.25, 0.3) is 0 Å². The molecule has 0 fully saturated rings. The topological polar surface area (TPSA) is 86.5 Å². The van der Waals surface area contributed by atoms with Crippen molar-refractivity contribution in [3.05, 3.63) is 115 Å². The second-order valence-corrected chi connectivity index (χ2v) is 8.10. The summed E-state index contributed by atoms with van der Waals surface area (Å²) in [5, 5.41) is 32.2. The highest BCUT2D eigenvalue weighted by molar-refractivity contribution is 5.88. The van der Waals surface area contributed by atoms with Gasteiger partial charge in [0.2, 0.25) is 0 Å². The van der Waals surface area contributed by atoms with Crippen LogP contribution in [0.2, 0.25) is 0 Å². The highest BCUT2D eigenvalue weighted by atomic mass is 16.3. The highest BCUT2D eigenvalue weighted by Crippen LogP contribution is 2.24. The lowest BCUT2D eigenvalue weighted by Crippen LogP contribution is -1.82. The summed E-state index contributed by atoms with van der Waals surface area (Å²) in [6, 6.07) is 31.9. The minimum Gasteiger partial charge on any atom is -0.507 e. The van der Waals surface area contributed by atoms with E-state index in [1.165, 1.54) is 0 Å². The zero-order valence-electron chi connectivity index (χ0n) is 19.6. The molecule has 0 amide bonds. The number of benzene rings is 4. The summed E-state index contributed by atoms with van der Waals surface area (Å²) in [5.74, 6) is 0.843. The van der Waals surface area contributed by atoms with E-state index >= 15 is 0 Å². The molecule has 0 radical (unpaired) electrons. The lowest BCUT2D eigenvalue weighted by molar-refractivity contribution is 0.480. The van der Waals surface area contributed by atoms with Gasteiger partial charge in [0, 0.05) is 27.5 Å². The van der Waals surface area contributed by atoms with Crippen LogP contribution in [0.5, 0.6) is 17.2 Å². The molecule has 0 aliphatic rings. The average Bonchev–Trinajstić information content (AvgIpc) is 2.86. The van der Waals surface area contributed by atoms with Crippen LogP contribution in [0.3, 0.4) is 0 Å². The molecule has 0 spiro atoms. The first-order valence-electron chi connectivity index (χ1n) is 11.2. The smallest absolute Gasteiger partial charge is 0.141 e. The van der Waals surface area contributed by atoms with Crippen molar-refractivity contribution in [2.75, 3.05) is 0 Å². The number of hydrogen-bond acceptors (Lipinski definition) is 5. The van der Waals surface area contributed by atoms with Crippen molar-refractivity contribution < 1.29 is 15.3 Å². The molecule has 2 heterocycles. The molecular formula is C30H26N2O3. The van der Waals surface area contributed by atoms with Gasteiger partial charge in [-0.3, -0.25) is 0 Å². The molecular weight excluding hydrogens is 436 g/mol. The Balaban J connectivity index is 0.000000124. The maximum atomic E-state index is 9.43. The van der Waals surface area contributed by atoms with Gasteiger partial charge in [-0.1, -0.05) is 72.8 Å². The Kier molecular flexibility index (Phi) is 7.07. The largest absolute Gasteiger partial charge is 0.507 e. The third-order valence-corrected chi connectivity index (χ3v) is 5.44. The monoisotopic (exact) mass is 462 g/mol.